The van der Waals surface area contributed by atoms with E-state index >= 15 is 0 Å². The first-order valence-electron chi connectivity index (χ1n) is 9.42. The molecule has 2 N–H and O–H groups in total. The molecule has 0 unspecified atom stereocenters. The Morgan fingerprint density at radius 1 is 0.962 bits per heavy atom. The first-order valence-corrected chi connectivity index (χ1v) is 10.9. The van der Waals surface area contributed by atoms with Crippen LogP contribution < -0.4 is 10.0 Å². The standard InChI is InChI=1S/C19H26N2O4S/c22-18-15-9-7-10-16(12-15)26(24,25)21-19(23)17-13-14(17)8-5-3-1-2-4-6-11-20-18/h7,9-10,12,14,17H,1-6,8,11,13H2,(H,20,22)(H,21,23)/t14-,17+/m1/s1. The second-order valence-corrected chi connectivity index (χ2v) is 8.95. The third kappa shape index (κ3) is 4.84. The highest BCUT2D eigenvalue weighted by atomic mass is 32.2. The Balaban J connectivity index is 1.76. The van der Waals surface area contributed by atoms with E-state index < -0.39 is 15.9 Å². The zero-order chi connectivity index (χ0) is 18.6. The van der Waals surface area contributed by atoms with Crippen molar-refractivity contribution in [2.75, 3.05) is 6.54 Å². The van der Waals surface area contributed by atoms with Gasteiger partial charge in [0, 0.05) is 18.0 Å². The van der Waals surface area contributed by atoms with Gasteiger partial charge in [0.1, 0.15) is 0 Å². The van der Waals surface area contributed by atoms with E-state index in [1.165, 1.54) is 18.2 Å². The molecule has 2 amide bonds. The van der Waals surface area contributed by atoms with E-state index in [0.29, 0.717) is 12.5 Å². The van der Waals surface area contributed by atoms with Crippen molar-refractivity contribution < 1.29 is 18.0 Å². The van der Waals surface area contributed by atoms with Crippen LogP contribution in [0.4, 0.5) is 0 Å². The van der Waals surface area contributed by atoms with Gasteiger partial charge in [-0.15, -0.1) is 0 Å². The van der Waals surface area contributed by atoms with Crippen molar-refractivity contribution in [2.45, 2.75) is 56.3 Å². The molecule has 2 atom stereocenters. The second kappa shape index (κ2) is 8.20. The average Bonchev–Trinajstić information content (AvgIpc) is 3.39. The normalized spacial score (nSPS) is 27.2. The molecule has 6 nitrogen and oxygen atoms in total. The molecule has 0 saturated heterocycles. The number of sulfonamides is 1. The van der Waals surface area contributed by atoms with Crippen LogP contribution in [0.25, 0.3) is 0 Å². The maximum Gasteiger partial charge on any atom is 0.264 e. The summed E-state index contributed by atoms with van der Waals surface area (Å²) in [4.78, 5) is 24.4. The number of rotatable bonds is 0. The molecule has 0 radical (unpaired) electrons. The number of hydrogen-bond donors (Lipinski definition) is 2. The van der Waals surface area contributed by atoms with Gasteiger partial charge in [-0.05, 0) is 43.4 Å². The lowest BCUT2D eigenvalue weighted by Gasteiger charge is -2.10. The van der Waals surface area contributed by atoms with Gasteiger partial charge in [0.05, 0.1) is 4.90 Å². The summed E-state index contributed by atoms with van der Waals surface area (Å²) >= 11 is 0. The highest BCUT2D eigenvalue weighted by Crippen LogP contribution is 2.42. The van der Waals surface area contributed by atoms with E-state index in [1.54, 1.807) is 6.07 Å². The molecule has 1 heterocycles. The molecular formula is C19H26N2O4S. The molecule has 2 aliphatic rings. The number of carbonyl (C=O) groups is 2. The van der Waals surface area contributed by atoms with E-state index in [2.05, 4.69) is 10.0 Å². The first-order chi connectivity index (χ1) is 12.5. The Bertz CT molecular complexity index is 775. The lowest BCUT2D eigenvalue weighted by Crippen LogP contribution is -2.32. The maximum absolute atomic E-state index is 12.5. The Kier molecular flexibility index (Phi) is 5.96. The second-order valence-electron chi connectivity index (χ2n) is 7.27. The van der Waals surface area contributed by atoms with Crippen LogP contribution in [0.2, 0.25) is 0 Å². The monoisotopic (exact) mass is 378 g/mol. The number of nitrogens with one attached hydrogen (secondary N) is 2. The van der Waals surface area contributed by atoms with Crippen molar-refractivity contribution in [3.8, 4) is 0 Å². The molecule has 3 rings (SSSR count). The molecule has 142 valence electrons. The van der Waals surface area contributed by atoms with Gasteiger partial charge in [0.15, 0.2) is 0 Å². The lowest BCUT2D eigenvalue weighted by atomic mass is 10.1. The SMILES string of the molecule is O=C1NCCCCCCCC[C@@H]2C[C@@H]2C(=O)NS(=O)(=O)c2cccc1c2. The largest absolute Gasteiger partial charge is 0.352 e. The van der Waals surface area contributed by atoms with Gasteiger partial charge in [-0.3, -0.25) is 9.59 Å². The molecule has 1 aromatic carbocycles. The fourth-order valence-corrected chi connectivity index (χ4v) is 4.58. The van der Waals surface area contributed by atoms with Gasteiger partial charge in [0.2, 0.25) is 5.91 Å². The topological polar surface area (TPSA) is 92.3 Å². The predicted molar refractivity (Wildman–Crippen MR) is 98.0 cm³/mol. The van der Waals surface area contributed by atoms with E-state index in [1.807, 2.05) is 0 Å². The van der Waals surface area contributed by atoms with Gasteiger partial charge >= 0.3 is 0 Å². The number of benzene rings is 1. The molecule has 1 fully saturated rings. The number of amides is 2. The van der Waals surface area contributed by atoms with E-state index in [-0.39, 0.29) is 22.3 Å². The Labute approximate surface area is 154 Å². The quantitative estimate of drug-likeness (QED) is 0.726. The van der Waals surface area contributed by atoms with Crippen LogP contribution in [0.5, 0.6) is 0 Å². The third-order valence-corrected chi connectivity index (χ3v) is 6.53. The molecule has 0 aromatic heterocycles. The summed E-state index contributed by atoms with van der Waals surface area (Å²) in [5.41, 5.74) is 0.283. The predicted octanol–water partition coefficient (Wildman–Crippen LogP) is 2.60. The first kappa shape index (κ1) is 18.9. The smallest absolute Gasteiger partial charge is 0.264 e. The van der Waals surface area contributed by atoms with Crippen LogP contribution in [0.1, 0.15) is 61.7 Å². The summed E-state index contributed by atoms with van der Waals surface area (Å²) in [7, 11) is -3.96. The van der Waals surface area contributed by atoms with Crippen molar-refractivity contribution in [2.24, 2.45) is 11.8 Å². The van der Waals surface area contributed by atoms with Crippen molar-refractivity contribution >= 4 is 21.8 Å². The van der Waals surface area contributed by atoms with Gasteiger partial charge in [-0.25, -0.2) is 13.1 Å². The minimum Gasteiger partial charge on any atom is -0.352 e. The molecule has 1 aliphatic heterocycles. The minimum absolute atomic E-state index is 0.0585. The van der Waals surface area contributed by atoms with E-state index in [4.69, 9.17) is 0 Å². The Hall–Kier alpha value is -1.89. The number of fused-ring (bicyclic) bond motifs is 3. The van der Waals surface area contributed by atoms with Crippen LogP contribution in [-0.4, -0.2) is 26.8 Å². The van der Waals surface area contributed by atoms with Crippen LogP contribution in [0.15, 0.2) is 29.2 Å². The summed E-state index contributed by atoms with van der Waals surface area (Å²) in [5, 5.41) is 2.82. The molecule has 1 aliphatic carbocycles. The molecule has 1 saturated carbocycles. The molecule has 1 aromatic rings. The molecule has 2 bridgehead atoms. The molecule has 26 heavy (non-hydrogen) atoms. The Morgan fingerprint density at radius 2 is 1.69 bits per heavy atom. The van der Waals surface area contributed by atoms with Gasteiger partial charge in [-0.2, -0.15) is 0 Å². The minimum atomic E-state index is -3.96. The zero-order valence-electron chi connectivity index (χ0n) is 14.9. The van der Waals surface area contributed by atoms with E-state index in [0.717, 1.165) is 51.4 Å². The molecular weight excluding hydrogens is 352 g/mol. The Morgan fingerprint density at radius 3 is 2.50 bits per heavy atom. The highest BCUT2D eigenvalue weighted by molar-refractivity contribution is 7.90. The average molecular weight is 378 g/mol. The highest BCUT2D eigenvalue weighted by Gasteiger charge is 2.43. The summed E-state index contributed by atoms with van der Waals surface area (Å²) in [6.07, 6.45) is 8.29. The fourth-order valence-electron chi connectivity index (χ4n) is 3.50. The van der Waals surface area contributed by atoms with Crippen molar-refractivity contribution in [3.05, 3.63) is 29.8 Å². The van der Waals surface area contributed by atoms with Crippen LogP contribution >= 0.6 is 0 Å². The summed E-state index contributed by atoms with van der Waals surface area (Å²) in [6.45, 7) is 0.580. The van der Waals surface area contributed by atoms with Crippen LogP contribution in [-0.2, 0) is 14.8 Å². The number of hydrogen-bond acceptors (Lipinski definition) is 4. The molecule has 7 heteroatoms. The van der Waals surface area contributed by atoms with Crippen molar-refractivity contribution in [1.29, 1.82) is 0 Å². The lowest BCUT2D eigenvalue weighted by molar-refractivity contribution is -0.120. The maximum atomic E-state index is 12.5. The van der Waals surface area contributed by atoms with E-state index in [9.17, 15) is 18.0 Å². The third-order valence-electron chi connectivity index (χ3n) is 5.19. The summed E-state index contributed by atoms with van der Waals surface area (Å²) < 4.78 is 27.1. The molecule has 0 spiro atoms. The van der Waals surface area contributed by atoms with Crippen molar-refractivity contribution in [1.82, 2.24) is 10.0 Å². The fraction of sp³-hybridized carbons (Fsp3) is 0.579. The van der Waals surface area contributed by atoms with Crippen LogP contribution in [0, 0.1) is 11.8 Å². The van der Waals surface area contributed by atoms with Crippen molar-refractivity contribution in [3.63, 3.8) is 0 Å². The van der Waals surface area contributed by atoms with Gasteiger partial charge < -0.3 is 5.32 Å². The summed E-state index contributed by atoms with van der Waals surface area (Å²) in [6, 6.07) is 5.81. The van der Waals surface area contributed by atoms with Gasteiger partial charge in [0.25, 0.3) is 15.9 Å². The zero-order valence-corrected chi connectivity index (χ0v) is 15.7. The van der Waals surface area contributed by atoms with Crippen LogP contribution in [0.3, 0.4) is 0 Å². The number of carbonyl (C=O) groups excluding carboxylic acids is 2. The summed E-state index contributed by atoms with van der Waals surface area (Å²) in [5.74, 6) is -0.612. The van der Waals surface area contributed by atoms with Gasteiger partial charge in [-0.1, -0.05) is 38.2 Å².